The molecule has 0 aliphatic rings. The Kier molecular flexibility index (Phi) is 3.23. The predicted molar refractivity (Wildman–Crippen MR) is 78.7 cm³/mol. The number of nitrogens with one attached hydrogen (secondary N) is 1. The molecule has 4 nitrogen and oxygen atoms in total. The Morgan fingerprint density at radius 1 is 1.26 bits per heavy atom. The van der Waals surface area contributed by atoms with Crippen LogP contribution in [0.2, 0.25) is 5.28 Å². The number of ether oxygens (including phenoxy) is 1. The van der Waals surface area contributed by atoms with Crippen molar-refractivity contribution in [1.82, 2.24) is 9.97 Å². The van der Waals surface area contributed by atoms with Crippen molar-refractivity contribution in [2.75, 3.05) is 12.4 Å². The lowest BCUT2D eigenvalue weighted by Gasteiger charge is -2.08. The topological polar surface area (TPSA) is 47.0 Å². The fraction of sp³-hybridized carbons (Fsp3) is 0.0769. The molecule has 3 aromatic rings. The van der Waals surface area contributed by atoms with Crippen LogP contribution in [0, 0.1) is 0 Å². The van der Waals surface area contributed by atoms with Gasteiger partial charge in [-0.2, -0.15) is 4.98 Å². The first-order chi connectivity index (χ1) is 9.26. The van der Waals surface area contributed by atoms with E-state index in [1.807, 2.05) is 35.7 Å². The Morgan fingerprint density at radius 3 is 3.00 bits per heavy atom. The minimum absolute atomic E-state index is 0.236. The Labute approximate surface area is 119 Å². The van der Waals surface area contributed by atoms with Crippen molar-refractivity contribution in [1.29, 1.82) is 0 Å². The predicted octanol–water partition coefficient (Wildman–Crippen LogP) is 4.10. The van der Waals surface area contributed by atoms with E-state index >= 15 is 0 Å². The van der Waals surface area contributed by atoms with E-state index < -0.39 is 0 Å². The van der Waals surface area contributed by atoms with Gasteiger partial charge in [0.05, 0.1) is 12.5 Å². The van der Waals surface area contributed by atoms with Gasteiger partial charge in [-0.25, -0.2) is 4.98 Å². The van der Waals surface area contributed by atoms with E-state index in [1.165, 1.54) is 11.3 Å². The monoisotopic (exact) mass is 291 g/mol. The van der Waals surface area contributed by atoms with E-state index in [9.17, 15) is 0 Å². The van der Waals surface area contributed by atoms with Crippen molar-refractivity contribution in [3.05, 3.63) is 41.0 Å². The molecule has 0 aliphatic carbocycles. The highest BCUT2D eigenvalue weighted by Crippen LogP contribution is 2.29. The summed E-state index contributed by atoms with van der Waals surface area (Å²) in [6.45, 7) is 0. The van der Waals surface area contributed by atoms with Crippen molar-refractivity contribution in [3.8, 4) is 5.75 Å². The van der Waals surface area contributed by atoms with Crippen LogP contribution < -0.4 is 10.1 Å². The van der Waals surface area contributed by atoms with Gasteiger partial charge in [-0.05, 0) is 35.2 Å². The molecule has 96 valence electrons. The molecule has 0 saturated heterocycles. The summed E-state index contributed by atoms with van der Waals surface area (Å²) in [5.41, 5.74) is 0.890. The van der Waals surface area contributed by atoms with Crippen LogP contribution in [0.15, 0.2) is 35.7 Å². The molecule has 0 unspecified atom stereocenters. The van der Waals surface area contributed by atoms with Gasteiger partial charge in [0.15, 0.2) is 0 Å². The van der Waals surface area contributed by atoms with Crippen molar-refractivity contribution in [2.24, 2.45) is 0 Å². The smallest absolute Gasteiger partial charge is 0.225 e. The zero-order valence-electron chi connectivity index (χ0n) is 10.1. The molecule has 1 N–H and O–H groups in total. The molecule has 2 aromatic heterocycles. The molecule has 0 atom stereocenters. The zero-order valence-corrected chi connectivity index (χ0v) is 11.6. The van der Waals surface area contributed by atoms with E-state index in [0.29, 0.717) is 5.82 Å². The number of aromatic nitrogens is 2. The van der Waals surface area contributed by atoms with Crippen molar-refractivity contribution in [3.63, 3.8) is 0 Å². The molecule has 3 rings (SSSR count). The highest BCUT2D eigenvalue weighted by Gasteiger charge is 2.08. The average Bonchev–Trinajstić information content (AvgIpc) is 2.87. The lowest BCUT2D eigenvalue weighted by molar-refractivity contribution is 0.415. The molecule has 0 radical (unpaired) electrons. The number of methoxy groups -OCH3 is 1. The Bertz CT molecular complexity index is 729. The van der Waals surface area contributed by atoms with E-state index in [0.717, 1.165) is 21.7 Å². The highest BCUT2D eigenvalue weighted by molar-refractivity contribution is 7.16. The summed E-state index contributed by atoms with van der Waals surface area (Å²) in [7, 11) is 1.64. The molecule has 0 spiro atoms. The number of rotatable bonds is 3. The number of nitrogens with zero attached hydrogens (tertiary/aromatic N) is 2. The van der Waals surface area contributed by atoms with Crippen LogP contribution in [-0.2, 0) is 0 Å². The molecule has 6 heteroatoms. The number of fused-ring (bicyclic) bond motifs is 1. The summed E-state index contributed by atoms with van der Waals surface area (Å²) in [5, 5.41) is 6.40. The van der Waals surface area contributed by atoms with Crippen molar-refractivity contribution < 1.29 is 4.74 Å². The van der Waals surface area contributed by atoms with Crippen LogP contribution in [-0.4, -0.2) is 17.1 Å². The molecular formula is C13H10ClN3OS. The first kappa shape index (κ1) is 12.2. The number of halogens is 1. The maximum Gasteiger partial charge on any atom is 0.225 e. The molecule has 2 heterocycles. The SMILES string of the molecule is COc1cccc(Nc2nc(Cl)nc3sccc23)c1. The average molecular weight is 292 g/mol. The summed E-state index contributed by atoms with van der Waals surface area (Å²) < 4.78 is 5.19. The van der Waals surface area contributed by atoms with Gasteiger partial charge in [0.2, 0.25) is 5.28 Å². The summed E-state index contributed by atoms with van der Waals surface area (Å²) in [6.07, 6.45) is 0. The van der Waals surface area contributed by atoms with Crippen LogP contribution in [0.5, 0.6) is 5.75 Å². The third kappa shape index (κ3) is 2.47. The van der Waals surface area contributed by atoms with Gasteiger partial charge in [0.25, 0.3) is 0 Å². The van der Waals surface area contributed by atoms with Gasteiger partial charge >= 0.3 is 0 Å². The quantitative estimate of drug-likeness (QED) is 0.738. The van der Waals surface area contributed by atoms with Crippen LogP contribution in [0.3, 0.4) is 0 Å². The molecule has 19 heavy (non-hydrogen) atoms. The second kappa shape index (κ2) is 5.03. The lowest BCUT2D eigenvalue weighted by Crippen LogP contribution is -1.96. The largest absolute Gasteiger partial charge is 0.497 e. The van der Waals surface area contributed by atoms with Crippen LogP contribution >= 0.6 is 22.9 Å². The van der Waals surface area contributed by atoms with Gasteiger partial charge in [0.1, 0.15) is 16.4 Å². The van der Waals surface area contributed by atoms with Gasteiger partial charge in [-0.1, -0.05) is 6.07 Å². The number of hydrogen-bond donors (Lipinski definition) is 1. The van der Waals surface area contributed by atoms with Crippen LogP contribution in [0.1, 0.15) is 0 Å². The number of benzene rings is 1. The van der Waals surface area contributed by atoms with Gasteiger partial charge < -0.3 is 10.1 Å². The molecule has 0 bridgehead atoms. The minimum Gasteiger partial charge on any atom is -0.497 e. The summed E-state index contributed by atoms with van der Waals surface area (Å²) in [5.74, 6) is 1.48. The van der Waals surface area contributed by atoms with Crippen LogP contribution in [0.25, 0.3) is 10.2 Å². The van der Waals surface area contributed by atoms with E-state index in [2.05, 4.69) is 15.3 Å². The van der Waals surface area contributed by atoms with Gasteiger partial charge in [0, 0.05) is 11.8 Å². The van der Waals surface area contributed by atoms with Gasteiger partial charge in [-0.3, -0.25) is 0 Å². The standard InChI is InChI=1S/C13H10ClN3OS/c1-18-9-4-2-3-8(7-9)15-11-10-5-6-19-12(10)17-13(14)16-11/h2-7H,1H3,(H,15,16,17). The summed E-state index contributed by atoms with van der Waals surface area (Å²) in [4.78, 5) is 9.28. The number of hydrogen-bond acceptors (Lipinski definition) is 5. The zero-order chi connectivity index (χ0) is 13.2. The first-order valence-electron chi connectivity index (χ1n) is 5.58. The summed E-state index contributed by atoms with van der Waals surface area (Å²) in [6, 6.07) is 9.61. The number of thiophene rings is 1. The second-order valence-corrected chi connectivity index (χ2v) is 5.07. The Morgan fingerprint density at radius 2 is 2.16 bits per heavy atom. The lowest BCUT2D eigenvalue weighted by atomic mass is 10.3. The molecule has 0 fully saturated rings. The molecule has 0 aliphatic heterocycles. The first-order valence-corrected chi connectivity index (χ1v) is 6.84. The second-order valence-electron chi connectivity index (χ2n) is 3.84. The Hall–Kier alpha value is -1.85. The fourth-order valence-electron chi connectivity index (χ4n) is 1.76. The maximum absolute atomic E-state index is 5.93. The Balaban J connectivity index is 2.02. The highest BCUT2D eigenvalue weighted by atomic mass is 35.5. The van der Waals surface area contributed by atoms with E-state index in [4.69, 9.17) is 16.3 Å². The van der Waals surface area contributed by atoms with Gasteiger partial charge in [-0.15, -0.1) is 11.3 Å². The molecular weight excluding hydrogens is 282 g/mol. The van der Waals surface area contributed by atoms with E-state index in [1.54, 1.807) is 7.11 Å². The number of anilines is 2. The summed E-state index contributed by atoms with van der Waals surface area (Å²) >= 11 is 7.46. The third-order valence-electron chi connectivity index (χ3n) is 2.63. The van der Waals surface area contributed by atoms with E-state index in [-0.39, 0.29) is 5.28 Å². The maximum atomic E-state index is 5.93. The molecule has 0 amide bonds. The van der Waals surface area contributed by atoms with Crippen molar-refractivity contribution >= 4 is 44.7 Å². The third-order valence-corrected chi connectivity index (χ3v) is 3.61. The normalized spacial score (nSPS) is 10.6. The van der Waals surface area contributed by atoms with Crippen LogP contribution in [0.4, 0.5) is 11.5 Å². The fourth-order valence-corrected chi connectivity index (χ4v) is 2.75. The minimum atomic E-state index is 0.236. The molecule has 0 saturated carbocycles. The molecule has 1 aromatic carbocycles. The van der Waals surface area contributed by atoms with Crippen molar-refractivity contribution in [2.45, 2.75) is 0 Å².